The normalized spacial score (nSPS) is 30.2. The Kier molecular flexibility index (Phi) is 3.98. The molecule has 1 N–H and O–H groups in total. The molecule has 3 atom stereocenters. The Bertz CT molecular complexity index is 487. The van der Waals surface area contributed by atoms with Gasteiger partial charge in [0.15, 0.2) is 0 Å². The third kappa shape index (κ3) is 2.69. The van der Waals surface area contributed by atoms with Crippen LogP contribution in [-0.4, -0.2) is 34.4 Å². The van der Waals surface area contributed by atoms with Crippen LogP contribution in [0.5, 0.6) is 0 Å². The van der Waals surface area contributed by atoms with Gasteiger partial charge in [0.05, 0.1) is 6.04 Å². The zero-order valence-electron chi connectivity index (χ0n) is 11.5. The zero-order valence-corrected chi connectivity index (χ0v) is 12.3. The summed E-state index contributed by atoms with van der Waals surface area (Å²) in [6.07, 6.45) is 2.29. The van der Waals surface area contributed by atoms with Gasteiger partial charge in [0.2, 0.25) is 5.91 Å². The molecule has 108 valence electrons. The SMILES string of the molecule is CC1NC(c2ccc(F)cc2)N(CC2CCCS2)C1=O. The van der Waals surface area contributed by atoms with Crippen LogP contribution in [0.25, 0.3) is 0 Å². The summed E-state index contributed by atoms with van der Waals surface area (Å²) in [7, 11) is 0. The lowest BCUT2D eigenvalue weighted by Crippen LogP contribution is -2.35. The van der Waals surface area contributed by atoms with Crippen molar-refractivity contribution in [1.29, 1.82) is 0 Å². The maximum atomic E-state index is 13.0. The molecule has 0 bridgehead atoms. The smallest absolute Gasteiger partial charge is 0.241 e. The van der Waals surface area contributed by atoms with Gasteiger partial charge in [-0.15, -0.1) is 0 Å². The number of rotatable bonds is 3. The number of amides is 1. The van der Waals surface area contributed by atoms with E-state index < -0.39 is 0 Å². The molecule has 3 unspecified atom stereocenters. The van der Waals surface area contributed by atoms with Gasteiger partial charge in [0.1, 0.15) is 12.0 Å². The van der Waals surface area contributed by atoms with Crippen molar-refractivity contribution in [3.8, 4) is 0 Å². The van der Waals surface area contributed by atoms with Gasteiger partial charge in [-0.1, -0.05) is 12.1 Å². The van der Waals surface area contributed by atoms with Gasteiger partial charge in [-0.3, -0.25) is 10.1 Å². The van der Waals surface area contributed by atoms with Gasteiger partial charge in [-0.05, 0) is 43.2 Å². The highest BCUT2D eigenvalue weighted by atomic mass is 32.2. The zero-order chi connectivity index (χ0) is 14.1. The molecule has 1 aromatic rings. The Hall–Kier alpha value is -1.07. The van der Waals surface area contributed by atoms with Crippen molar-refractivity contribution in [2.45, 2.75) is 37.2 Å². The summed E-state index contributed by atoms with van der Waals surface area (Å²) in [5, 5.41) is 3.84. The van der Waals surface area contributed by atoms with E-state index in [1.54, 1.807) is 12.1 Å². The molecule has 2 heterocycles. The summed E-state index contributed by atoms with van der Waals surface area (Å²) in [5.74, 6) is 1.09. The van der Waals surface area contributed by atoms with Gasteiger partial charge in [-0.2, -0.15) is 11.8 Å². The average Bonchev–Trinajstić information content (AvgIpc) is 3.04. The van der Waals surface area contributed by atoms with Crippen LogP contribution in [-0.2, 0) is 4.79 Å². The minimum Gasteiger partial charge on any atom is -0.320 e. The molecule has 0 saturated carbocycles. The van der Waals surface area contributed by atoms with E-state index in [2.05, 4.69) is 5.32 Å². The molecule has 3 rings (SSSR count). The molecule has 1 aromatic carbocycles. The summed E-state index contributed by atoms with van der Waals surface area (Å²) in [6, 6.07) is 6.25. The number of hydrogen-bond acceptors (Lipinski definition) is 3. The van der Waals surface area contributed by atoms with Crippen LogP contribution in [0.2, 0.25) is 0 Å². The molecular formula is C15H19FN2OS. The molecular weight excluding hydrogens is 275 g/mol. The van der Waals surface area contributed by atoms with E-state index in [-0.39, 0.29) is 23.9 Å². The van der Waals surface area contributed by atoms with Crippen molar-refractivity contribution in [3.63, 3.8) is 0 Å². The number of carbonyl (C=O) groups is 1. The standard InChI is InChI=1S/C15H19FN2OS/c1-10-15(19)18(9-13-3-2-8-20-13)14(17-10)11-4-6-12(16)7-5-11/h4-7,10,13-14,17H,2-3,8-9H2,1H3. The quantitative estimate of drug-likeness (QED) is 0.930. The maximum absolute atomic E-state index is 13.0. The predicted octanol–water partition coefficient (Wildman–Crippen LogP) is 2.54. The summed E-state index contributed by atoms with van der Waals surface area (Å²) >= 11 is 1.95. The fourth-order valence-corrected chi connectivity index (χ4v) is 4.16. The van der Waals surface area contributed by atoms with Crippen molar-refractivity contribution in [3.05, 3.63) is 35.6 Å². The topological polar surface area (TPSA) is 32.3 Å². The molecule has 2 fully saturated rings. The fraction of sp³-hybridized carbons (Fsp3) is 0.533. The minimum atomic E-state index is -0.246. The third-order valence-corrected chi connectivity index (χ3v) is 5.36. The van der Waals surface area contributed by atoms with Gasteiger partial charge in [0.25, 0.3) is 0 Å². The maximum Gasteiger partial charge on any atom is 0.241 e. The number of carbonyl (C=O) groups excluding carboxylic acids is 1. The van der Waals surface area contributed by atoms with E-state index in [9.17, 15) is 9.18 Å². The van der Waals surface area contributed by atoms with Crippen LogP contribution in [0.1, 0.15) is 31.5 Å². The molecule has 1 amide bonds. The number of thioether (sulfide) groups is 1. The first kappa shape index (κ1) is 13.9. The molecule has 0 spiro atoms. The van der Waals surface area contributed by atoms with Crippen molar-refractivity contribution in [2.75, 3.05) is 12.3 Å². The summed E-state index contributed by atoms with van der Waals surface area (Å²) in [6.45, 7) is 2.67. The Morgan fingerprint density at radius 1 is 1.40 bits per heavy atom. The number of benzene rings is 1. The van der Waals surface area contributed by atoms with E-state index >= 15 is 0 Å². The molecule has 2 aliphatic rings. The second-order valence-corrected chi connectivity index (χ2v) is 6.88. The van der Waals surface area contributed by atoms with Crippen LogP contribution < -0.4 is 5.32 Å². The Balaban J connectivity index is 1.79. The lowest BCUT2D eigenvalue weighted by Gasteiger charge is -2.27. The van der Waals surface area contributed by atoms with E-state index in [0.717, 1.165) is 12.1 Å². The van der Waals surface area contributed by atoms with Crippen LogP contribution in [0, 0.1) is 5.82 Å². The van der Waals surface area contributed by atoms with Crippen molar-refractivity contribution >= 4 is 17.7 Å². The van der Waals surface area contributed by atoms with Crippen molar-refractivity contribution in [1.82, 2.24) is 10.2 Å². The van der Waals surface area contributed by atoms with Crippen molar-refractivity contribution < 1.29 is 9.18 Å². The van der Waals surface area contributed by atoms with Gasteiger partial charge in [0, 0.05) is 11.8 Å². The van der Waals surface area contributed by atoms with E-state index in [4.69, 9.17) is 0 Å². The van der Waals surface area contributed by atoms with Gasteiger partial charge >= 0.3 is 0 Å². The minimum absolute atomic E-state index is 0.126. The largest absolute Gasteiger partial charge is 0.320 e. The first-order valence-electron chi connectivity index (χ1n) is 7.09. The second-order valence-electron chi connectivity index (χ2n) is 5.47. The molecule has 2 saturated heterocycles. The lowest BCUT2D eigenvalue weighted by molar-refractivity contribution is -0.129. The highest BCUT2D eigenvalue weighted by Crippen LogP contribution is 2.32. The molecule has 0 aromatic heterocycles. The van der Waals surface area contributed by atoms with Gasteiger partial charge < -0.3 is 4.90 Å². The first-order valence-corrected chi connectivity index (χ1v) is 8.13. The number of hydrogen-bond donors (Lipinski definition) is 1. The van der Waals surface area contributed by atoms with E-state index in [1.807, 2.05) is 23.6 Å². The number of nitrogens with one attached hydrogen (secondary N) is 1. The van der Waals surface area contributed by atoms with Crippen LogP contribution in [0.4, 0.5) is 4.39 Å². The Morgan fingerprint density at radius 3 is 2.80 bits per heavy atom. The molecule has 5 heteroatoms. The van der Waals surface area contributed by atoms with Crippen LogP contribution in [0.3, 0.4) is 0 Å². The second kappa shape index (κ2) is 5.74. The molecule has 20 heavy (non-hydrogen) atoms. The molecule has 3 nitrogen and oxygen atoms in total. The third-order valence-electron chi connectivity index (χ3n) is 3.98. The summed E-state index contributed by atoms with van der Waals surface area (Å²) < 4.78 is 13.0. The fourth-order valence-electron chi connectivity index (χ4n) is 2.90. The monoisotopic (exact) mass is 294 g/mol. The average molecular weight is 294 g/mol. The highest BCUT2D eigenvalue weighted by Gasteiger charge is 2.38. The van der Waals surface area contributed by atoms with Crippen LogP contribution >= 0.6 is 11.8 Å². The highest BCUT2D eigenvalue weighted by molar-refractivity contribution is 8.00. The van der Waals surface area contributed by atoms with Crippen molar-refractivity contribution in [2.24, 2.45) is 0 Å². The van der Waals surface area contributed by atoms with E-state index in [1.165, 1.54) is 30.7 Å². The lowest BCUT2D eigenvalue weighted by atomic mass is 10.1. The van der Waals surface area contributed by atoms with E-state index in [0.29, 0.717) is 5.25 Å². The molecule has 2 aliphatic heterocycles. The molecule has 0 radical (unpaired) electrons. The Morgan fingerprint density at radius 2 is 2.15 bits per heavy atom. The number of nitrogens with zero attached hydrogens (tertiary/aromatic N) is 1. The predicted molar refractivity (Wildman–Crippen MR) is 78.9 cm³/mol. The Labute approximate surface area is 122 Å². The summed E-state index contributed by atoms with van der Waals surface area (Å²) in [4.78, 5) is 14.2. The number of halogens is 1. The first-order chi connectivity index (χ1) is 9.65. The van der Waals surface area contributed by atoms with Gasteiger partial charge in [-0.25, -0.2) is 4.39 Å². The summed E-state index contributed by atoms with van der Waals surface area (Å²) in [5.41, 5.74) is 0.951. The molecule has 0 aliphatic carbocycles. The van der Waals surface area contributed by atoms with Crippen LogP contribution in [0.15, 0.2) is 24.3 Å².